The maximum atomic E-state index is 8.82. The van der Waals surface area contributed by atoms with Crippen molar-refractivity contribution in [3.8, 4) is 0 Å². The molecule has 104 valence electrons. The Hall–Kier alpha value is -1.55. The SMILES string of the molecule is CC1(C)CCCC1NCc1ccccc1C(N)=NO. The molecule has 0 aliphatic heterocycles. The van der Waals surface area contributed by atoms with Crippen molar-refractivity contribution < 1.29 is 5.21 Å². The highest BCUT2D eigenvalue weighted by Crippen LogP contribution is 2.37. The van der Waals surface area contributed by atoms with Gasteiger partial charge in [0.05, 0.1) is 0 Å². The van der Waals surface area contributed by atoms with Gasteiger partial charge < -0.3 is 16.3 Å². The van der Waals surface area contributed by atoms with Crippen molar-refractivity contribution in [2.45, 2.75) is 45.7 Å². The molecule has 1 saturated carbocycles. The van der Waals surface area contributed by atoms with Crippen molar-refractivity contribution in [2.24, 2.45) is 16.3 Å². The molecule has 0 amide bonds. The number of nitrogens with one attached hydrogen (secondary N) is 1. The van der Waals surface area contributed by atoms with Gasteiger partial charge in [-0.1, -0.05) is 49.7 Å². The molecule has 1 unspecified atom stereocenters. The minimum atomic E-state index is 0.170. The largest absolute Gasteiger partial charge is 0.409 e. The first-order chi connectivity index (χ1) is 9.04. The second-order valence-electron chi connectivity index (χ2n) is 5.96. The van der Waals surface area contributed by atoms with Gasteiger partial charge in [-0.15, -0.1) is 0 Å². The Morgan fingerprint density at radius 2 is 2.21 bits per heavy atom. The van der Waals surface area contributed by atoms with E-state index in [-0.39, 0.29) is 5.84 Å². The molecule has 19 heavy (non-hydrogen) atoms. The summed E-state index contributed by atoms with van der Waals surface area (Å²) in [5, 5.41) is 15.5. The standard InChI is InChI=1S/C15H23N3O/c1-15(2)9-5-8-13(15)17-10-11-6-3-4-7-12(11)14(16)18-19/h3-4,6-7,13,17,19H,5,8-10H2,1-2H3,(H2,16,18). The lowest BCUT2D eigenvalue weighted by molar-refractivity contribution is 0.282. The minimum Gasteiger partial charge on any atom is -0.409 e. The Morgan fingerprint density at radius 1 is 1.47 bits per heavy atom. The van der Waals surface area contributed by atoms with E-state index in [1.54, 1.807) is 0 Å². The molecule has 1 aliphatic rings. The van der Waals surface area contributed by atoms with Gasteiger partial charge in [0.1, 0.15) is 0 Å². The fraction of sp³-hybridized carbons (Fsp3) is 0.533. The molecular formula is C15H23N3O. The first-order valence-corrected chi connectivity index (χ1v) is 6.84. The number of benzene rings is 1. The van der Waals surface area contributed by atoms with E-state index in [4.69, 9.17) is 10.9 Å². The van der Waals surface area contributed by atoms with Crippen LogP contribution in [0.25, 0.3) is 0 Å². The number of hydrogen-bond donors (Lipinski definition) is 3. The molecule has 0 heterocycles. The quantitative estimate of drug-likeness (QED) is 0.337. The Kier molecular flexibility index (Phi) is 4.10. The van der Waals surface area contributed by atoms with Gasteiger partial charge in [0.15, 0.2) is 5.84 Å². The van der Waals surface area contributed by atoms with E-state index >= 15 is 0 Å². The fourth-order valence-electron chi connectivity index (χ4n) is 2.92. The van der Waals surface area contributed by atoms with Crippen LogP contribution in [0.5, 0.6) is 0 Å². The highest BCUT2D eigenvalue weighted by atomic mass is 16.4. The topological polar surface area (TPSA) is 70.6 Å². The summed E-state index contributed by atoms with van der Waals surface area (Å²) in [6.07, 6.45) is 3.78. The fourth-order valence-corrected chi connectivity index (χ4v) is 2.92. The lowest BCUT2D eigenvalue weighted by Gasteiger charge is -2.28. The van der Waals surface area contributed by atoms with Gasteiger partial charge in [0, 0.05) is 18.2 Å². The van der Waals surface area contributed by atoms with E-state index in [2.05, 4.69) is 24.3 Å². The highest BCUT2D eigenvalue weighted by Gasteiger charge is 2.33. The van der Waals surface area contributed by atoms with Crippen molar-refractivity contribution >= 4 is 5.84 Å². The molecule has 1 aromatic carbocycles. The van der Waals surface area contributed by atoms with Gasteiger partial charge >= 0.3 is 0 Å². The first-order valence-electron chi connectivity index (χ1n) is 6.84. The number of nitrogens with zero attached hydrogens (tertiary/aromatic N) is 1. The van der Waals surface area contributed by atoms with Crippen LogP contribution in [0.3, 0.4) is 0 Å². The van der Waals surface area contributed by atoms with Crippen LogP contribution in [-0.2, 0) is 6.54 Å². The average Bonchev–Trinajstić information content (AvgIpc) is 2.75. The molecule has 1 fully saturated rings. The Bertz CT molecular complexity index is 468. The van der Waals surface area contributed by atoms with Gasteiger partial charge in [0.2, 0.25) is 0 Å². The maximum absolute atomic E-state index is 8.82. The van der Waals surface area contributed by atoms with E-state index < -0.39 is 0 Å². The molecule has 1 aliphatic carbocycles. The first kappa shape index (κ1) is 13.9. The van der Waals surface area contributed by atoms with Crippen molar-refractivity contribution in [3.63, 3.8) is 0 Å². The Balaban J connectivity index is 2.08. The molecule has 0 spiro atoms. The summed E-state index contributed by atoms with van der Waals surface area (Å²) in [6.45, 7) is 5.38. The second-order valence-corrected chi connectivity index (χ2v) is 5.96. The summed E-state index contributed by atoms with van der Waals surface area (Å²) < 4.78 is 0. The van der Waals surface area contributed by atoms with Crippen molar-refractivity contribution in [3.05, 3.63) is 35.4 Å². The lowest BCUT2D eigenvalue weighted by Crippen LogP contribution is -2.37. The molecule has 4 nitrogen and oxygen atoms in total. The van der Waals surface area contributed by atoms with Crippen LogP contribution in [0.1, 0.15) is 44.2 Å². The molecule has 1 aromatic rings. The van der Waals surface area contributed by atoms with Crippen molar-refractivity contribution in [1.29, 1.82) is 0 Å². The van der Waals surface area contributed by atoms with E-state index in [1.165, 1.54) is 19.3 Å². The number of hydrogen-bond acceptors (Lipinski definition) is 3. The van der Waals surface area contributed by atoms with Crippen molar-refractivity contribution in [2.75, 3.05) is 0 Å². The molecule has 0 radical (unpaired) electrons. The summed E-state index contributed by atoms with van der Waals surface area (Å²) in [5.41, 5.74) is 7.93. The summed E-state index contributed by atoms with van der Waals surface area (Å²) in [4.78, 5) is 0. The van der Waals surface area contributed by atoms with Crippen LogP contribution < -0.4 is 11.1 Å². The van der Waals surface area contributed by atoms with Gasteiger partial charge in [-0.3, -0.25) is 0 Å². The van der Waals surface area contributed by atoms with E-state index in [9.17, 15) is 0 Å². The van der Waals surface area contributed by atoms with E-state index in [0.29, 0.717) is 11.5 Å². The average molecular weight is 261 g/mol. The number of oxime groups is 1. The zero-order valence-corrected chi connectivity index (χ0v) is 11.7. The number of rotatable bonds is 4. The predicted molar refractivity (Wildman–Crippen MR) is 77.2 cm³/mol. The van der Waals surface area contributed by atoms with Crippen LogP contribution in [0, 0.1) is 5.41 Å². The Labute approximate surface area is 114 Å². The van der Waals surface area contributed by atoms with Gasteiger partial charge in [-0.2, -0.15) is 0 Å². The number of amidine groups is 1. The van der Waals surface area contributed by atoms with Crippen molar-refractivity contribution in [1.82, 2.24) is 5.32 Å². The van der Waals surface area contributed by atoms with E-state index in [1.807, 2.05) is 24.3 Å². The number of nitrogens with two attached hydrogens (primary N) is 1. The second kappa shape index (κ2) is 5.61. The summed E-state index contributed by atoms with van der Waals surface area (Å²) in [6, 6.07) is 8.31. The summed E-state index contributed by atoms with van der Waals surface area (Å²) >= 11 is 0. The molecule has 0 bridgehead atoms. The van der Waals surface area contributed by atoms with Gasteiger partial charge in [-0.25, -0.2) is 0 Å². The monoisotopic (exact) mass is 261 g/mol. The van der Waals surface area contributed by atoms with Crippen LogP contribution in [0.4, 0.5) is 0 Å². The zero-order valence-electron chi connectivity index (χ0n) is 11.7. The third kappa shape index (κ3) is 3.07. The molecular weight excluding hydrogens is 238 g/mol. The van der Waals surface area contributed by atoms with Crippen LogP contribution >= 0.6 is 0 Å². The minimum absolute atomic E-state index is 0.170. The third-order valence-electron chi connectivity index (χ3n) is 4.20. The van der Waals surface area contributed by atoms with E-state index in [0.717, 1.165) is 17.7 Å². The summed E-state index contributed by atoms with van der Waals surface area (Å²) in [5.74, 6) is 0.170. The lowest BCUT2D eigenvalue weighted by atomic mass is 9.87. The van der Waals surface area contributed by atoms with Gasteiger partial charge in [-0.05, 0) is 23.8 Å². The molecule has 0 aromatic heterocycles. The zero-order chi connectivity index (χ0) is 13.9. The molecule has 0 saturated heterocycles. The smallest absolute Gasteiger partial charge is 0.170 e. The molecule has 4 N–H and O–H groups in total. The normalized spacial score (nSPS) is 22.6. The van der Waals surface area contributed by atoms with Gasteiger partial charge in [0.25, 0.3) is 0 Å². The third-order valence-corrected chi connectivity index (χ3v) is 4.20. The van der Waals surface area contributed by atoms with Crippen LogP contribution in [-0.4, -0.2) is 17.1 Å². The molecule has 4 heteroatoms. The molecule has 1 atom stereocenters. The predicted octanol–water partition coefficient (Wildman–Crippen LogP) is 2.45. The molecule has 2 rings (SSSR count). The van der Waals surface area contributed by atoms with Crippen LogP contribution in [0.15, 0.2) is 29.4 Å². The Morgan fingerprint density at radius 3 is 2.84 bits per heavy atom. The summed E-state index contributed by atoms with van der Waals surface area (Å²) in [7, 11) is 0. The van der Waals surface area contributed by atoms with Crippen LogP contribution in [0.2, 0.25) is 0 Å². The maximum Gasteiger partial charge on any atom is 0.170 e. The highest BCUT2D eigenvalue weighted by molar-refractivity contribution is 5.98.